The summed E-state index contributed by atoms with van der Waals surface area (Å²) in [6, 6.07) is 7.96. The summed E-state index contributed by atoms with van der Waals surface area (Å²) in [5, 5.41) is 0. The molecule has 0 atom stereocenters. The number of benzene rings is 1. The normalized spacial score (nSPS) is 16.1. The second kappa shape index (κ2) is 8.32. The predicted molar refractivity (Wildman–Crippen MR) is 74.3 cm³/mol. The van der Waals surface area contributed by atoms with Crippen LogP contribution in [0.15, 0.2) is 24.3 Å². The number of rotatable bonds is 5. The van der Waals surface area contributed by atoms with Crippen molar-refractivity contribution in [1.29, 1.82) is 0 Å². The number of nitrogens with zero attached hydrogens (tertiary/aromatic N) is 1. The zero-order valence-electron chi connectivity index (χ0n) is 10.5. The van der Waals surface area contributed by atoms with Crippen LogP contribution in [0.3, 0.4) is 0 Å². The van der Waals surface area contributed by atoms with E-state index in [1.807, 2.05) is 24.3 Å². The zero-order valence-corrected chi connectivity index (χ0v) is 11.3. The van der Waals surface area contributed by atoms with Gasteiger partial charge >= 0.3 is 0 Å². The first kappa shape index (κ1) is 15.2. The molecule has 1 fully saturated rings. The lowest BCUT2D eigenvalue weighted by atomic mass is 10.2. The Kier molecular flexibility index (Phi) is 7.05. The van der Waals surface area contributed by atoms with Gasteiger partial charge in [0.25, 0.3) is 0 Å². The van der Waals surface area contributed by atoms with Gasteiger partial charge in [0.1, 0.15) is 12.4 Å². The molecule has 0 spiro atoms. The maximum atomic E-state index is 5.68. The second-order valence-electron chi connectivity index (χ2n) is 4.15. The lowest BCUT2D eigenvalue weighted by molar-refractivity contribution is 0.0322. The van der Waals surface area contributed by atoms with Crippen molar-refractivity contribution in [2.75, 3.05) is 39.5 Å². The summed E-state index contributed by atoms with van der Waals surface area (Å²) in [5.74, 6) is 0.912. The Morgan fingerprint density at radius 1 is 1.17 bits per heavy atom. The summed E-state index contributed by atoms with van der Waals surface area (Å²) in [6.07, 6.45) is 0. The fraction of sp³-hybridized carbons (Fsp3) is 0.538. The summed E-state index contributed by atoms with van der Waals surface area (Å²) < 4.78 is 11.0. The van der Waals surface area contributed by atoms with Crippen LogP contribution in [0, 0.1) is 0 Å². The molecule has 1 aliphatic heterocycles. The lowest BCUT2D eigenvalue weighted by Crippen LogP contribution is -2.38. The molecule has 1 aromatic rings. The molecule has 0 bridgehead atoms. The lowest BCUT2D eigenvalue weighted by Gasteiger charge is -2.26. The number of halogens is 1. The molecule has 0 aromatic heterocycles. The third-order valence-corrected chi connectivity index (χ3v) is 2.94. The fourth-order valence-electron chi connectivity index (χ4n) is 1.84. The van der Waals surface area contributed by atoms with Crippen molar-refractivity contribution in [2.45, 2.75) is 6.54 Å². The zero-order chi connectivity index (χ0) is 11.9. The molecule has 1 aromatic carbocycles. The van der Waals surface area contributed by atoms with Gasteiger partial charge in [-0.3, -0.25) is 4.90 Å². The fourth-order valence-corrected chi connectivity index (χ4v) is 1.84. The molecule has 5 heteroatoms. The average molecular weight is 273 g/mol. The number of ether oxygens (including phenoxy) is 2. The monoisotopic (exact) mass is 272 g/mol. The summed E-state index contributed by atoms with van der Waals surface area (Å²) in [4.78, 5) is 2.36. The van der Waals surface area contributed by atoms with Gasteiger partial charge < -0.3 is 15.2 Å². The van der Waals surface area contributed by atoms with Crippen LogP contribution in [0.2, 0.25) is 0 Å². The number of nitrogens with two attached hydrogens (primary N) is 1. The summed E-state index contributed by atoms with van der Waals surface area (Å²) in [6.45, 7) is 5.96. The van der Waals surface area contributed by atoms with E-state index in [4.69, 9.17) is 15.2 Å². The van der Waals surface area contributed by atoms with Gasteiger partial charge in [0.2, 0.25) is 0 Å². The van der Waals surface area contributed by atoms with Gasteiger partial charge in [-0.25, -0.2) is 0 Å². The van der Waals surface area contributed by atoms with Gasteiger partial charge in [-0.05, 0) is 17.7 Å². The minimum absolute atomic E-state index is 0. The molecule has 1 heterocycles. The molecular formula is C13H21ClN2O2. The maximum absolute atomic E-state index is 5.68. The molecule has 0 saturated carbocycles. The van der Waals surface area contributed by atoms with Crippen LogP contribution < -0.4 is 10.5 Å². The van der Waals surface area contributed by atoms with Gasteiger partial charge in [0.05, 0.1) is 13.2 Å². The van der Waals surface area contributed by atoms with E-state index in [9.17, 15) is 0 Å². The highest BCUT2D eigenvalue weighted by Crippen LogP contribution is 2.11. The Morgan fingerprint density at radius 2 is 1.83 bits per heavy atom. The Labute approximate surface area is 114 Å². The van der Waals surface area contributed by atoms with Crippen LogP contribution in [0.4, 0.5) is 0 Å². The molecule has 18 heavy (non-hydrogen) atoms. The van der Waals surface area contributed by atoms with Crippen LogP contribution in [0.25, 0.3) is 0 Å². The third-order valence-electron chi connectivity index (χ3n) is 2.94. The van der Waals surface area contributed by atoms with E-state index in [0.717, 1.165) is 50.8 Å². The molecule has 0 aliphatic carbocycles. The number of hydrogen-bond donors (Lipinski definition) is 1. The van der Waals surface area contributed by atoms with E-state index in [2.05, 4.69) is 4.90 Å². The highest BCUT2D eigenvalue weighted by atomic mass is 35.5. The Balaban J connectivity index is 0.00000162. The minimum Gasteiger partial charge on any atom is -0.492 e. The quantitative estimate of drug-likeness (QED) is 0.877. The molecule has 0 radical (unpaired) electrons. The first-order valence-corrected chi connectivity index (χ1v) is 6.10. The van der Waals surface area contributed by atoms with Crippen LogP contribution in [0.1, 0.15) is 5.56 Å². The van der Waals surface area contributed by atoms with E-state index in [1.54, 1.807) is 0 Å². The van der Waals surface area contributed by atoms with Crippen LogP contribution in [-0.4, -0.2) is 44.4 Å². The molecule has 2 rings (SSSR count). The van der Waals surface area contributed by atoms with Crippen LogP contribution in [0.5, 0.6) is 5.75 Å². The molecule has 4 nitrogen and oxygen atoms in total. The SMILES string of the molecule is Cl.NCc1ccc(OCCN2CCOCC2)cc1. The van der Waals surface area contributed by atoms with Gasteiger partial charge in [-0.2, -0.15) is 0 Å². The first-order valence-electron chi connectivity index (χ1n) is 6.10. The van der Waals surface area contributed by atoms with E-state index in [1.165, 1.54) is 0 Å². The van der Waals surface area contributed by atoms with E-state index < -0.39 is 0 Å². The van der Waals surface area contributed by atoms with Gasteiger partial charge in [-0.15, -0.1) is 12.4 Å². The number of hydrogen-bond acceptors (Lipinski definition) is 4. The molecule has 1 saturated heterocycles. The van der Waals surface area contributed by atoms with Crippen molar-refractivity contribution in [3.8, 4) is 5.75 Å². The van der Waals surface area contributed by atoms with Crippen molar-refractivity contribution >= 4 is 12.4 Å². The van der Waals surface area contributed by atoms with Crippen molar-refractivity contribution in [2.24, 2.45) is 5.73 Å². The van der Waals surface area contributed by atoms with Gasteiger partial charge in [0.15, 0.2) is 0 Å². The van der Waals surface area contributed by atoms with E-state index in [-0.39, 0.29) is 12.4 Å². The molecule has 0 amide bonds. The molecular weight excluding hydrogens is 252 g/mol. The third kappa shape index (κ3) is 4.82. The largest absolute Gasteiger partial charge is 0.492 e. The molecule has 2 N–H and O–H groups in total. The molecule has 1 aliphatic rings. The first-order chi connectivity index (χ1) is 8.38. The van der Waals surface area contributed by atoms with Crippen molar-refractivity contribution < 1.29 is 9.47 Å². The van der Waals surface area contributed by atoms with Crippen molar-refractivity contribution in [3.63, 3.8) is 0 Å². The standard InChI is InChI=1S/C13H20N2O2.ClH/c14-11-12-1-3-13(4-2-12)17-10-7-15-5-8-16-9-6-15;/h1-4H,5-11,14H2;1H. The molecule has 0 unspecified atom stereocenters. The average Bonchev–Trinajstić information content (AvgIpc) is 2.41. The van der Waals surface area contributed by atoms with Gasteiger partial charge in [0, 0.05) is 26.2 Å². The maximum Gasteiger partial charge on any atom is 0.119 e. The Morgan fingerprint density at radius 3 is 2.44 bits per heavy atom. The predicted octanol–water partition coefficient (Wildman–Crippen LogP) is 1.28. The second-order valence-corrected chi connectivity index (χ2v) is 4.15. The van der Waals surface area contributed by atoms with E-state index >= 15 is 0 Å². The Hall–Kier alpha value is -0.810. The van der Waals surface area contributed by atoms with Crippen LogP contribution in [-0.2, 0) is 11.3 Å². The number of morpholine rings is 1. The van der Waals surface area contributed by atoms with Gasteiger partial charge in [-0.1, -0.05) is 12.1 Å². The summed E-state index contributed by atoms with van der Waals surface area (Å²) >= 11 is 0. The topological polar surface area (TPSA) is 47.7 Å². The van der Waals surface area contributed by atoms with Crippen molar-refractivity contribution in [3.05, 3.63) is 29.8 Å². The van der Waals surface area contributed by atoms with E-state index in [0.29, 0.717) is 6.54 Å². The van der Waals surface area contributed by atoms with Crippen LogP contribution >= 0.6 is 12.4 Å². The Bertz CT molecular complexity index is 326. The highest BCUT2D eigenvalue weighted by Gasteiger charge is 2.09. The summed E-state index contributed by atoms with van der Waals surface area (Å²) in [7, 11) is 0. The minimum atomic E-state index is 0. The van der Waals surface area contributed by atoms with Crippen molar-refractivity contribution in [1.82, 2.24) is 4.90 Å². The smallest absolute Gasteiger partial charge is 0.119 e. The molecule has 102 valence electrons. The summed E-state index contributed by atoms with van der Waals surface area (Å²) in [5.41, 5.74) is 6.67. The highest BCUT2D eigenvalue weighted by molar-refractivity contribution is 5.85.